The first-order valence-electron chi connectivity index (χ1n) is 9.83. The third-order valence-electron chi connectivity index (χ3n) is 4.82. The molecule has 0 saturated carbocycles. The Hall–Kier alpha value is -4.11. The van der Waals surface area contributed by atoms with Gasteiger partial charge in [-0.25, -0.2) is 4.90 Å². The first-order valence-corrected chi connectivity index (χ1v) is 10.6. The van der Waals surface area contributed by atoms with E-state index in [1.165, 1.54) is 19.2 Å². The van der Waals surface area contributed by atoms with E-state index in [0.717, 1.165) is 22.2 Å². The lowest BCUT2D eigenvalue weighted by Gasteiger charge is -2.15. The number of nitro benzene ring substituents is 1. The van der Waals surface area contributed by atoms with Crippen LogP contribution in [-0.4, -0.2) is 23.2 Å². The summed E-state index contributed by atoms with van der Waals surface area (Å²) in [7, 11) is 1.48. The van der Waals surface area contributed by atoms with Crippen LogP contribution in [0, 0.1) is 10.1 Å². The summed E-state index contributed by atoms with van der Waals surface area (Å²) in [5.41, 5.74) is 1.81. The molecule has 2 amide bonds. The molecule has 166 valence electrons. The normalized spacial score (nSPS) is 14.6. The van der Waals surface area contributed by atoms with Crippen molar-refractivity contribution < 1.29 is 24.0 Å². The molecule has 0 spiro atoms. The maximum atomic E-state index is 12.9. The molecule has 3 aromatic rings. The second-order valence-electron chi connectivity index (χ2n) is 6.97. The van der Waals surface area contributed by atoms with Gasteiger partial charge in [0.15, 0.2) is 0 Å². The standard InChI is InChI=1S/C24H18N2O6S/c1-31-21-8-3-2-7-20(21)25-23(27)22(33-24(25)28)14-16-9-11-19(12-10-16)32-15-17-5-4-6-18(13-17)26(29)30/h2-14H,15H2,1H3/b22-14-. The Balaban J connectivity index is 1.45. The van der Waals surface area contributed by atoms with Crippen LogP contribution in [0.15, 0.2) is 77.7 Å². The van der Waals surface area contributed by atoms with Crippen LogP contribution in [0.3, 0.4) is 0 Å². The van der Waals surface area contributed by atoms with Gasteiger partial charge in [-0.1, -0.05) is 36.4 Å². The fraction of sp³-hybridized carbons (Fsp3) is 0.0833. The molecule has 0 N–H and O–H groups in total. The second kappa shape index (κ2) is 9.58. The summed E-state index contributed by atoms with van der Waals surface area (Å²) in [5, 5.41) is 10.5. The number of methoxy groups -OCH3 is 1. The zero-order chi connectivity index (χ0) is 23.4. The van der Waals surface area contributed by atoms with Gasteiger partial charge in [0.25, 0.3) is 16.8 Å². The molecule has 9 heteroatoms. The average Bonchev–Trinajstić information content (AvgIpc) is 3.11. The molecule has 1 aliphatic heterocycles. The van der Waals surface area contributed by atoms with Crippen LogP contribution in [-0.2, 0) is 11.4 Å². The van der Waals surface area contributed by atoms with Crippen molar-refractivity contribution in [1.82, 2.24) is 0 Å². The van der Waals surface area contributed by atoms with Gasteiger partial charge in [0.05, 0.1) is 22.6 Å². The largest absolute Gasteiger partial charge is 0.495 e. The lowest BCUT2D eigenvalue weighted by molar-refractivity contribution is -0.384. The molecule has 0 radical (unpaired) electrons. The number of non-ortho nitro benzene ring substituents is 1. The van der Waals surface area contributed by atoms with Gasteiger partial charge in [0.2, 0.25) is 0 Å². The average molecular weight is 462 g/mol. The van der Waals surface area contributed by atoms with E-state index in [-0.39, 0.29) is 12.3 Å². The van der Waals surface area contributed by atoms with Gasteiger partial charge in [0.1, 0.15) is 18.1 Å². The molecule has 0 atom stereocenters. The second-order valence-corrected chi connectivity index (χ2v) is 7.97. The summed E-state index contributed by atoms with van der Waals surface area (Å²) in [6.45, 7) is 0.179. The van der Waals surface area contributed by atoms with E-state index in [2.05, 4.69) is 0 Å². The van der Waals surface area contributed by atoms with Gasteiger partial charge < -0.3 is 9.47 Å². The molecule has 1 heterocycles. The number of hydrogen-bond acceptors (Lipinski definition) is 7. The van der Waals surface area contributed by atoms with Crippen LogP contribution >= 0.6 is 11.8 Å². The van der Waals surface area contributed by atoms with Crippen molar-refractivity contribution in [2.75, 3.05) is 12.0 Å². The fourth-order valence-corrected chi connectivity index (χ4v) is 4.06. The number of rotatable bonds is 7. The minimum Gasteiger partial charge on any atom is -0.495 e. The summed E-state index contributed by atoms with van der Waals surface area (Å²) in [4.78, 5) is 37.2. The first-order chi connectivity index (χ1) is 16.0. The minimum atomic E-state index is -0.451. The predicted octanol–water partition coefficient (Wildman–Crippen LogP) is 5.42. The number of para-hydroxylation sites is 2. The van der Waals surface area contributed by atoms with E-state index in [1.807, 2.05) is 0 Å². The first kappa shape index (κ1) is 22.1. The number of amides is 2. The molecule has 0 aromatic heterocycles. The van der Waals surface area contributed by atoms with Gasteiger partial charge in [-0.15, -0.1) is 0 Å². The Morgan fingerprint density at radius 2 is 1.79 bits per heavy atom. The van der Waals surface area contributed by atoms with E-state index in [4.69, 9.17) is 9.47 Å². The number of thioether (sulfide) groups is 1. The van der Waals surface area contributed by atoms with Crippen molar-refractivity contribution in [2.45, 2.75) is 6.61 Å². The van der Waals surface area contributed by atoms with E-state index in [0.29, 0.717) is 27.7 Å². The number of anilines is 1. The van der Waals surface area contributed by atoms with Crippen molar-refractivity contribution >= 4 is 40.4 Å². The molecule has 8 nitrogen and oxygen atoms in total. The Bertz CT molecular complexity index is 1260. The Morgan fingerprint density at radius 3 is 2.52 bits per heavy atom. The molecule has 33 heavy (non-hydrogen) atoms. The summed E-state index contributed by atoms with van der Waals surface area (Å²) in [6.07, 6.45) is 1.64. The zero-order valence-electron chi connectivity index (χ0n) is 17.5. The van der Waals surface area contributed by atoms with Crippen molar-refractivity contribution in [2.24, 2.45) is 0 Å². The maximum Gasteiger partial charge on any atom is 0.298 e. The van der Waals surface area contributed by atoms with E-state index >= 15 is 0 Å². The van der Waals surface area contributed by atoms with Crippen molar-refractivity contribution in [3.05, 3.63) is 98.9 Å². The molecule has 0 unspecified atom stereocenters. The molecule has 0 bridgehead atoms. The maximum absolute atomic E-state index is 12.9. The molecule has 1 aliphatic rings. The Kier molecular flexibility index (Phi) is 6.41. The number of hydrogen-bond donors (Lipinski definition) is 0. The highest BCUT2D eigenvalue weighted by atomic mass is 32.2. The molecule has 3 aromatic carbocycles. The number of nitro groups is 1. The minimum absolute atomic E-state index is 0.00789. The van der Waals surface area contributed by atoms with Crippen molar-refractivity contribution in [3.8, 4) is 11.5 Å². The Morgan fingerprint density at radius 1 is 1.03 bits per heavy atom. The third-order valence-corrected chi connectivity index (χ3v) is 5.69. The van der Waals surface area contributed by atoms with Crippen molar-refractivity contribution in [3.63, 3.8) is 0 Å². The smallest absolute Gasteiger partial charge is 0.298 e. The van der Waals surface area contributed by atoms with Gasteiger partial charge >= 0.3 is 0 Å². The highest BCUT2D eigenvalue weighted by Crippen LogP contribution is 2.39. The monoisotopic (exact) mass is 462 g/mol. The number of nitrogens with zero attached hydrogens (tertiary/aromatic N) is 2. The fourth-order valence-electron chi connectivity index (χ4n) is 3.23. The van der Waals surface area contributed by atoms with E-state index < -0.39 is 16.1 Å². The highest BCUT2D eigenvalue weighted by Gasteiger charge is 2.37. The summed E-state index contributed by atoms with van der Waals surface area (Å²) in [6, 6.07) is 20.1. The topological polar surface area (TPSA) is 99.0 Å². The molecule has 0 aliphatic carbocycles. The number of imide groups is 1. The van der Waals surface area contributed by atoms with Gasteiger partial charge in [0, 0.05) is 12.1 Å². The summed E-state index contributed by atoms with van der Waals surface area (Å²) in [5.74, 6) is 0.590. The van der Waals surface area contributed by atoms with Crippen LogP contribution in [0.4, 0.5) is 16.2 Å². The van der Waals surface area contributed by atoms with Gasteiger partial charge in [-0.05, 0) is 53.2 Å². The van der Waals surface area contributed by atoms with Gasteiger partial charge in [-0.3, -0.25) is 19.7 Å². The molecular formula is C24H18N2O6S. The summed E-state index contributed by atoms with van der Waals surface area (Å²) < 4.78 is 11.0. The number of benzene rings is 3. The van der Waals surface area contributed by atoms with Crippen LogP contribution in [0.2, 0.25) is 0 Å². The number of carbonyl (C=O) groups excluding carboxylic acids is 2. The summed E-state index contributed by atoms with van der Waals surface area (Å²) >= 11 is 0.863. The predicted molar refractivity (Wildman–Crippen MR) is 125 cm³/mol. The highest BCUT2D eigenvalue weighted by molar-refractivity contribution is 8.19. The van der Waals surface area contributed by atoms with Crippen LogP contribution in [0.5, 0.6) is 11.5 Å². The van der Waals surface area contributed by atoms with Gasteiger partial charge in [-0.2, -0.15) is 0 Å². The molecule has 4 rings (SSSR count). The van der Waals surface area contributed by atoms with E-state index in [9.17, 15) is 19.7 Å². The lowest BCUT2D eigenvalue weighted by Crippen LogP contribution is -2.28. The van der Waals surface area contributed by atoms with Crippen LogP contribution in [0.25, 0.3) is 6.08 Å². The molecular weight excluding hydrogens is 444 g/mol. The number of carbonyl (C=O) groups is 2. The van der Waals surface area contributed by atoms with Crippen molar-refractivity contribution in [1.29, 1.82) is 0 Å². The SMILES string of the molecule is COc1ccccc1N1C(=O)S/C(=C\c2ccc(OCc3cccc([N+](=O)[O-])c3)cc2)C1=O. The van der Waals surface area contributed by atoms with Crippen LogP contribution in [0.1, 0.15) is 11.1 Å². The zero-order valence-corrected chi connectivity index (χ0v) is 18.3. The quantitative estimate of drug-likeness (QED) is 0.262. The number of ether oxygens (including phenoxy) is 2. The molecule has 1 fully saturated rings. The van der Waals surface area contributed by atoms with E-state index in [1.54, 1.807) is 66.7 Å². The lowest BCUT2D eigenvalue weighted by atomic mass is 10.2. The third kappa shape index (κ3) is 4.88. The molecule has 1 saturated heterocycles. The Labute approximate surface area is 193 Å². The van der Waals surface area contributed by atoms with Crippen LogP contribution < -0.4 is 14.4 Å².